The lowest BCUT2D eigenvalue weighted by molar-refractivity contribution is -0.889. The van der Waals surface area contributed by atoms with Gasteiger partial charge in [-0.2, -0.15) is 0 Å². The van der Waals surface area contributed by atoms with E-state index < -0.39 is 24.1 Å². The third-order valence-corrected chi connectivity index (χ3v) is 9.67. The van der Waals surface area contributed by atoms with Crippen LogP contribution in [0, 0.1) is 0 Å². The number of carbonyl (C=O) groups excluding carboxylic acids is 3. The number of hydrogen-bond acceptors (Lipinski definition) is 7. The van der Waals surface area contributed by atoms with Gasteiger partial charge in [-0.05, 0) is 103 Å². The van der Waals surface area contributed by atoms with Gasteiger partial charge >= 0.3 is 11.9 Å². The van der Waals surface area contributed by atoms with Crippen molar-refractivity contribution in [2.24, 2.45) is 0 Å². The van der Waals surface area contributed by atoms with Crippen molar-refractivity contribution in [2.75, 3.05) is 41.0 Å². The summed E-state index contributed by atoms with van der Waals surface area (Å²) < 4.78 is 17.0. The number of allylic oxidation sites excluding steroid dienone is 26. The number of ether oxygens (including phenoxy) is 3. The van der Waals surface area contributed by atoms with E-state index in [2.05, 4.69) is 160 Å². The molecule has 2 atom stereocenters. The van der Waals surface area contributed by atoms with Crippen molar-refractivity contribution < 1.29 is 38.2 Å². The number of aliphatic carboxylic acids is 1. The van der Waals surface area contributed by atoms with Crippen molar-refractivity contribution in [3.63, 3.8) is 0 Å². The summed E-state index contributed by atoms with van der Waals surface area (Å²) in [6.45, 7) is 4.26. The molecule has 8 heteroatoms. The maximum absolute atomic E-state index is 12.7. The lowest BCUT2D eigenvalue weighted by Gasteiger charge is -2.34. The number of hydrogen-bond donors (Lipinski definition) is 0. The quantitative estimate of drug-likeness (QED) is 0.0260. The first kappa shape index (κ1) is 60.9. The van der Waals surface area contributed by atoms with Gasteiger partial charge in [0.2, 0.25) is 0 Å². The minimum Gasteiger partial charge on any atom is -0.544 e. The number of carbonyl (C=O) groups is 3. The summed E-state index contributed by atoms with van der Waals surface area (Å²) in [5, 5.41) is 11.7. The van der Waals surface area contributed by atoms with Gasteiger partial charge in [-0.1, -0.05) is 172 Å². The molecule has 66 heavy (non-hydrogen) atoms. The van der Waals surface area contributed by atoms with Crippen LogP contribution in [-0.2, 0) is 28.6 Å². The van der Waals surface area contributed by atoms with Crippen LogP contribution in [0.15, 0.2) is 158 Å². The lowest BCUT2D eigenvalue weighted by Crippen LogP contribution is -2.55. The highest BCUT2D eigenvalue weighted by molar-refractivity contribution is 5.70. The Morgan fingerprint density at radius 2 is 0.803 bits per heavy atom. The highest BCUT2D eigenvalue weighted by atomic mass is 16.6. The standard InChI is InChI=1S/C58H87NO7/c1-6-8-10-12-14-16-18-20-22-24-26-27-28-29-31-32-34-36-38-40-42-44-46-48-56(60)65-53-54(52-64-51-50-55(58(62)63)59(3,4)5)66-57(61)49-47-45-43-41-39-37-35-33-30-25-23-21-19-17-15-13-11-9-7-2/h8-11,14-17,20-23,26-27,29-31,33-34,36-37,39-40,42-43,45,54-55H,6-7,12-13,18-19,24-25,28,32,35,38,41,44,46-53H2,1-5H3/b10-8+,11-9+,16-14+,17-15+,22-20+,23-21+,27-26+,31-29+,33-30+,36-34+,39-37+,42-40+,45-43+. The SMILES string of the molecule is CC/C=C/C/C=C/C/C=C/C/C=C/C/C=C/C/C=C/C/C=C/CCCC(=O)OCC(COCCC(C(=O)[O-])[N+](C)(C)C)OC(=O)CC/C=C/C/C=C/C/C=C/C/C=C/C/C=C/C/C=C/CC. The van der Waals surface area contributed by atoms with Crippen molar-refractivity contribution >= 4 is 17.9 Å². The van der Waals surface area contributed by atoms with E-state index in [1.54, 1.807) is 21.1 Å². The number of carboxylic acids is 1. The Morgan fingerprint density at radius 3 is 1.15 bits per heavy atom. The predicted molar refractivity (Wildman–Crippen MR) is 276 cm³/mol. The fourth-order valence-electron chi connectivity index (χ4n) is 5.97. The Morgan fingerprint density at radius 1 is 0.455 bits per heavy atom. The van der Waals surface area contributed by atoms with Gasteiger partial charge in [-0.15, -0.1) is 0 Å². The second-order valence-electron chi connectivity index (χ2n) is 16.6. The molecule has 2 unspecified atom stereocenters. The van der Waals surface area contributed by atoms with Gasteiger partial charge in [0.05, 0.1) is 40.3 Å². The molecule has 8 nitrogen and oxygen atoms in total. The molecule has 0 aromatic heterocycles. The van der Waals surface area contributed by atoms with E-state index in [1.807, 2.05) is 12.2 Å². The molecule has 0 amide bonds. The monoisotopic (exact) mass is 910 g/mol. The average Bonchev–Trinajstić information content (AvgIpc) is 3.28. The Balaban J connectivity index is 4.54. The van der Waals surface area contributed by atoms with E-state index >= 15 is 0 Å². The van der Waals surface area contributed by atoms with Crippen LogP contribution < -0.4 is 5.11 Å². The molecule has 366 valence electrons. The van der Waals surface area contributed by atoms with Crippen LogP contribution in [0.5, 0.6) is 0 Å². The maximum atomic E-state index is 12.7. The summed E-state index contributed by atoms with van der Waals surface area (Å²) in [5.41, 5.74) is 0. The fraction of sp³-hybridized carbons (Fsp3) is 0.500. The van der Waals surface area contributed by atoms with Crippen LogP contribution in [0.3, 0.4) is 0 Å². The molecule has 0 aliphatic carbocycles. The second-order valence-corrected chi connectivity index (χ2v) is 16.6. The molecule has 0 radical (unpaired) electrons. The van der Waals surface area contributed by atoms with Crippen molar-refractivity contribution in [2.45, 2.75) is 148 Å². The first-order valence-corrected chi connectivity index (χ1v) is 24.5. The minimum absolute atomic E-state index is 0.0207. The molecule has 0 fully saturated rings. The van der Waals surface area contributed by atoms with Crippen LogP contribution in [0.1, 0.15) is 136 Å². The number of unbranched alkanes of at least 4 members (excludes halogenated alkanes) is 1. The largest absolute Gasteiger partial charge is 0.544 e. The van der Waals surface area contributed by atoms with Gasteiger partial charge in [-0.25, -0.2) is 0 Å². The van der Waals surface area contributed by atoms with Crippen LogP contribution in [-0.4, -0.2) is 75.5 Å². The number of rotatable bonds is 41. The van der Waals surface area contributed by atoms with E-state index in [4.69, 9.17) is 14.2 Å². The Hall–Kier alpha value is -5.05. The zero-order valence-corrected chi connectivity index (χ0v) is 41.5. The molecule has 0 aromatic rings. The number of nitrogens with zero attached hydrogens (tertiary/aromatic N) is 1. The first-order valence-electron chi connectivity index (χ1n) is 24.5. The number of esters is 2. The molecular formula is C58H87NO7. The summed E-state index contributed by atoms with van der Waals surface area (Å²) in [5.74, 6) is -1.95. The van der Waals surface area contributed by atoms with E-state index in [1.165, 1.54) is 0 Å². The molecular weight excluding hydrogens is 823 g/mol. The van der Waals surface area contributed by atoms with E-state index in [0.717, 1.165) is 89.9 Å². The maximum Gasteiger partial charge on any atom is 0.306 e. The van der Waals surface area contributed by atoms with Crippen LogP contribution in [0.4, 0.5) is 0 Å². The van der Waals surface area contributed by atoms with Crippen molar-refractivity contribution in [1.29, 1.82) is 0 Å². The first-order chi connectivity index (χ1) is 32.1. The molecule has 0 bridgehead atoms. The van der Waals surface area contributed by atoms with Crippen molar-refractivity contribution in [3.8, 4) is 0 Å². The minimum atomic E-state index is -1.15. The Bertz CT molecular complexity index is 1620. The van der Waals surface area contributed by atoms with Gasteiger partial charge in [-0.3, -0.25) is 9.59 Å². The van der Waals surface area contributed by atoms with E-state index in [0.29, 0.717) is 12.8 Å². The summed E-state index contributed by atoms with van der Waals surface area (Å²) in [7, 11) is 5.35. The molecule has 0 saturated heterocycles. The van der Waals surface area contributed by atoms with Gasteiger partial charge in [0.1, 0.15) is 12.6 Å². The number of carboxylic acid groups (broad SMARTS) is 1. The van der Waals surface area contributed by atoms with Crippen LogP contribution in [0.25, 0.3) is 0 Å². The molecule has 0 saturated carbocycles. The van der Waals surface area contributed by atoms with Gasteiger partial charge in [0, 0.05) is 19.3 Å². The second kappa shape index (κ2) is 46.5. The summed E-state index contributed by atoms with van der Waals surface area (Å²) in [4.78, 5) is 36.9. The van der Waals surface area contributed by atoms with E-state index in [9.17, 15) is 19.5 Å². The Labute approximate surface area is 401 Å². The van der Waals surface area contributed by atoms with Crippen LogP contribution in [0.2, 0.25) is 0 Å². The molecule has 0 aliphatic rings. The lowest BCUT2D eigenvalue weighted by atomic mass is 10.1. The zero-order valence-electron chi connectivity index (χ0n) is 41.5. The summed E-state index contributed by atoms with van der Waals surface area (Å²) in [6.07, 6.45) is 70.1. The third-order valence-electron chi connectivity index (χ3n) is 9.67. The molecule has 0 aliphatic heterocycles. The Kier molecular flexibility index (Phi) is 42.9. The smallest absolute Gasteiger partial charge is 0.306 e. The summed E-state index contributed by atoms with van der Waals surface area (Å²) in [6, 6.07) is -0.759. The molecule has 0 spiro atoms. The average molecular weight is 910 g/mol. The zero-order chi connectivity index (χ0) is 48.4. The molecule has 0 rings (SSSR count). The molecule has 0 aromatic carbocycles. The van der Waals surface area contributed by atoms with Gasteiger partial charge in [0.15, 0.2) is 6.10 Å². The highest BCUT2D eigenvalue weighted by Crippen LogP contribution is 2.10. The normalized spacial score (nSPS) is 14.3. The molecule has 0 N–H and O–H groups in total. The molecule has 0 heterocycles. The van der Waals surface area contributed by atoms with Crippen LogP contribution >= 0.6 is 0 Å². The van der Waals surface area contributed by atoms with Crippen molar-refractivity contribution in [1.82, 2.24) is 0 Å². The topological polar surface area (TPSA) is 102 Å². The fourth-order valence-corrected chi connectivity index (χ4v) is 5.97. The van der Waals surface area contributed by atoms with Crippen molar-refractivity contribution in [3.05, 3.63) is 158 Å². The number of quaternary nitrogens is 1. The predicted octanol–water partition coefficient (Wildman–Crippen LogP) is 13.0. The van der Waals surface area contributed by atoms with Gasteiger partial charge < -0.3 is 28.6 Å². The van der Waals surface area contributed by atoms with E-state index in [-0.39, 0.29) is 49.5 Å². The van der Waals surface area contributed by atoms with Gasteiger partial charge in [0.25, 0.3) is 0 Å². The third kappa shape index (κ3) is 44.2. The number of likely N-dealkylation sites (N-methyl/N-ethyl adjacent to an activating group) is 1. The summed E-state index contributed by atoms with van der Waals surface area (Å²) >= 11 is 0. The highest BCUT2D eigenvalue weighted by Gasteiger charge is 2.25.